The Morgan fingerprint density at radius 3 is 2.50 bits per heavy atom. The van der Waals surface area contributed by atoms with Gasteiger partial charge >= 0.3 is 5.97 Å². The SMILES string of the molecule is CCOC(=O)C1CCN(C(=O)c2cc(-c3ccc(C)c(C)c3)nc3ccc(F)cc23)CC1. The molecule has 0 N–H and O–H groups in total. The normalized spacial score (nSPS) is 14.6. The lowest BCUT2D eigenvalue weighted by Crippen LogP contribution is -2.40. The van der Waals surface area contributed by atoms with Gasteiger partial charge in [-0.3, -0.25) is 9.59 Å². The molecule has 1 aliphatic rings. The third-order valence-corrected chi connectivity index (χ3v) is 6.21. The Labute approximate surface area is 187 Å². The largest absolute Gasteiger partial charge is 0.466 e. The van der Waals surface area contributed by atoms with E-state index in [0.29, 0.717) is 54.7 Å². The van der Waals surface area contributed by atoms with Crippen molar-refractivity contribution in [2.24, 2.45) is 5.92 Å². The summed E-state index contributed by atoms with van der Waals surface area (Å²) >= 11 is 0. The highest BCUT2D eigenvalue weighted by Gasteiger charge is 2.29. The van der Waals surface area contributed by atoms with Gasteiger partial charge in [-0.15, -0.1) is 0 Å². The first kappa shape index (κ1) is 21.9. The Hall–Kier alpha value is -3.28. The topological polar surface area (TPSA) is 59.5 Å². The number of hydrogen-bond acceptors (Lipinski definition) is 4. The predicted octanol–water partition coefficient (Wildman–Crippen LogP) is 5.07. The van der Waals surface area contributed by atoms with Crippen molar-refractivity contribution < 1.29 is 18.7 Å². The van der Waals surface area contributed by atoms with E-state index in [9.17, 15) is 14.0 Å². The van der Waals surface area contributed by atoms with E-state index in [-0.39, 0.29) is 17.8 Å². The first-order valence-electron chi connectivity index (χ1n) is 11.0. The number of pyridine rings is 1. The van der Waals surface area contributed by atoms with Crippen LogP contribution in [0.25, 0.3) is 22.2 Å². The summed E-state index contributed by atoms with van der Waals surface area (Å²) in [4.78, 5) is 32.0. The Morgan fingerprint density at radius 2 is 1.81 bits per heavy atom. The van der Waals surface area contributed by atoms with E-state index in [1.54, 1.807) is 24.0 Å². The average Bonchev–Trinajstić information content (AvgIpc) is 2.80. The molecule has 2 aromatic carbocycles. The number of ether oxygens (including phenoxy) is 1. The average molecular weight is 435 g/mol. The molecule has 1 fully saturated rings. The number of aryl methyl sites for hydroxylation is 2. The van der Waals surface area contributed by atoms with Crippen molar-refractivity contribution >= 4 is 22.8 Å². The van der Waals surface area contributed by atoms with E-state index in [2.05, 4.69) is 0 Å². The molecular formula is C26H27FN2O3. The van der Waals surface area contributed by atoms with Gasteiger partial charge in [-0.25, -0.2) is 9.37 Å². The smallest absolute Gasteiger partial charge is 0.309 e. The van der Waals surface area contributed by atoms with Gasteiger partial charge in [-0.2, -0.15) is 0 Å². The van der Waals surface area contributed by atoms with E-state index in [1.165, 1.54) is 17.7 Å². The molecule has 5 nitrogen and oxygen atoms in total. The van der Waals surface area contributed by atoms with Gasteiger partial charge in [-0.05, 0) is 75.1 Å². The molecular weight excluding hydrogens is 407 g/mol. The lowest BCUT2D eigenvalue weighted by molar-refractivity contribution is -0.149. The molecule has 3 aromatic rings. The van der Waals surface area contributed by atoms with Crippen molar-refractivity contribution in [3.8, 4) is 11.3 Å². The summed E-state index contributed by atoms with van der Waals surface area (Å²) < 4.78 is 19.2. The molecule has 6 heteroatoms. The quantitative estimate of drug-likeness (QED) is 0.538. The van der Waals surface area contributed by atoms with Gasteiger partial charge < -0.3 is 9.64 Å². The summed E-state index contributed by atoms with van der Waals surface area (Å²) in [5, 5.41) is 0.495. The lowest BCUT2D eigenvalue weighted by Gasteiger charge is -2.31. The number of amides is 1. The van der Waals surface area contributed by atoms with Crippen molar-refractivity contribution in [3.63, 3.8) is 0 Å². The van der Waals surface area contributed by atoms with E-state index in [0.717, 1.165) is 11.1 Å². The van der Waals surface area contributed by atoms with Crippen molar-refractivity contribution in [2.45, 2.75) is 33.6 Å². The number of carbonyl (C=O) groups excluding carboxylic acids is 2. The highest BCUT2D eigenvalue weighted by atomic mass is 19.1. The number of hydrogen-bond donors (Lipinski definition) is 0. The number of piperidine rings is 1. The molecule has 0 spiro atoms. The highest BCUT2D eigenvalue weighted by Crippen LogP contribution is 2.29. The van der Waals surface area contributed by atoms with Crippen LogP contribution in [0.15, 0.2) is 42.5 Å². The second-order valence-electron chi connectivity index (χ2n) is 8.33. The second kappa shape index (κ2) is 9.07. The van der Waals surface area contributed by atoms with Gasteiger partial charge in [0.2, 0.25) is 0 Å². The summed E-state index contributed by atoms with van der Waals surface area (Å²) in [5.41, 5.74) is 4.91. The number of carbonyl (C=O) groups is 2. The summed E-state index contributed by atoms with van der Waals surface area (Å²) in [7, 11) is 0. The van der Waals surface area contributed by atoms with Crippen LogP contribution in [0, 0.1) is 25.6 Å². The maximum absolute atomic E-state index is 14.1. The molecule has 0 radical (unpaired) electrons. The van der Waals surface area contributed by atoms with Gasteiger partial charge in [0.15, 0.2) is 0 Å². The van der Waals surface area contributed by atoms with Crippen LogP contribution in [0.5, 0.6) is 0 Å². The number of likely N-dealkylation sites (tertiary alicyclic amines) is 1. The third kappa shape index (κ3) is 4.35. The minimum absolute atomic E-state index is 0.171. The maximum Gasteiger partial charge on any atom is 0.309 e. The summed E-state index contributed by atoms with van der Waals surface area (Å²) in [6.07, 6.45) is 1.12. The molecule has 2 heterocycles. The molecule has 0 bridgehead atoms. The summed E-state index contributed by atoms with van der Waals surface area (Å²) in [6, 6.07) is 12.2. The van der Waals surface area contributed by atoms with Crippen LogP contribution in [0.4, 0.5) is 4.39 Å². The number of rotatable bonds is 4. The van der Waals surface area contributed by atoms with Gasteiger partial charge in [0.1, 0.15) is 5.82 Å². The van der Waals surface area contributed by atoms with Gasteiger partial charge in [-0.1, -0.05) is 12.1 Å². The van der Waals surface area contributed by atoms with Crippen LogP contribution in [0.3, 0.4) is 0 Å². The van der Waals surface area contributed by atoms with Crippen molar-refractivity contribution in [3.05, 3.63) is 65.0 Å². The van der Waals surface area contributed by atoms with E-state index in [1.807, 2.05) is 32.0 Å². The molecule has 0 unspecified atom stereocenters. The van der Waals surface area contributed by atoms with Crippen molar-refractivity contribution in [1.29, 1.82) is 0 Å². The van der Waals surface area contributed by atoms with Crippen LogP contribution in [0.1, 0.15) is 41.3 Å². The van der Waals surface area contributed by atoms with E-state index in [4.69, 9.17) is 9.72 Å². The number of esters is 1. The third-order valence-electron chi connectivity index (χ3n) is 6.21. The second-order valence-corrected chi connectivity index (χ2v) is 8.33. The number of aromatic nitrogens is 1. The number of nitrogens with zero attached hydrogens (tertiary/aromatic N) is 2. The first-order valence-corrected chi connectivity index (χ1v) is 11.0. The fourth-order valence-corrected chi connectivity index (χ4v) is 4.17. The Balaban J connectivity index is 1.69. The van der Waals surface area contributed by atoms with Gasteiger partial charge in [0.25, 0.3) is 5.91 Å². The minimum Gasteiger partial charge on any atom is -0.466 e. The number of benzene rings is 2. The van der Waals surface area contributed by atoms with Crippen LogP contribution >= 0.6 is 0 Å². The molecule has 4 rings (SSSR count). The lowest BCUT2D eigenvalue weighted by atomic mass is 9.95. The van der Waals surface area contributed by atoms with Crippen LogP contribution in [-0.4, -0.2) is 41.5 Å². The molecule has 0 aliphatic carbocycles. The van der Waals surface area contributed by atoms with Gasteiger partial charge in [0, 0.05) is 24.0 Å². The zero-order valence-corrected chi connectivity index (χ0v) is 18.7. The first-order chi connectivity index (χ1) is 15.4. The Morgan fingerprint density at radius 1 is 1.06 bits per heavy atom. The Kier molecular flexibility index (Phi) is 6.21. The van der Waals surface area contributed by atoms with Crippen LogP contribution in [0.2, 0.25) is 0 Å². The molecule has 1 amide bonds. The number of halogens is 1. The molecule has 0 atom stereocenters. The van der Waals surface area contributed by atoms with Crippen LogP contribution in [-0.2, 0) is 9.53 Å². The van der Waals surface area contributed by atoms with E-state index < -0.39 is 5.82 Å². The highest BCUT2D eigenvalue weighted by molar-refractivity contribution is 6.07. The van der Waals surface area contributed by atoms with Crippen molar-refractivity contribution in [2.75, 3.05) is 19.7 Å². The molecule has 1 aromatic heterocycles. The molecule has 0 saturated carbocycles. The van der Waals surface area contributed by atoms with Gasteiger partial charge in [0.05, 0.1) is 29.3 Å². The molecule has 1 aliphatic heterocycles. The number of fused-ring (bicyclic) bond motifs is 1. The molecule has 1 saturated heterocycles. The van der Waals surface area contributed by atoms with Crippen LogP contribution < -0.4 is 0 Å². The summed E-state index contributed by atoms with van der Waals surface area (Å²) in [6.45, 7) is 7.14. The Bertz CT molecular complexity index is 1180. The van der Waals surface area contributed by atoms with Crippen molar-refractivity contribution in [1.82, 2.24) is 9.88 Å². The molecule has 32 heavy (non-hydrogen) atoms. The minimum atomic E-state index is -0.409. The fourth-order valence-electron chi connectivity index (χ4n) is 4.17. The standard InChI is InChI=1S/C26H27FN2O3/c1-4-32-26(31)18-9-11-29(12-10-18)25(30)22-15-24(19-6-5-16(2)17(3)13-19)28-23-8-7-20(27)14-21(22)23/h5-8,13-15,18H,4,9-12H2,1-3H3. The predicted molar refractivity (Wildman–Crippen MR) is 122 cm³/mol. The summed E-state index contributed by atoms with van der Waals surface area (Å²) in [5.74, 6) is -0.964. The zero-order chi connectivity index (χ0) is 22.8. The molecule has 166 valence electrons. The monoisotopic (exact) mass is 434 g/mol. The fraction of sp³-hybridized carbons (Fsp3) is 0.346. The van der Waals surface area contributed by atoms with E-state index >= 15 is 0 Å². The maximum atomic E-state index is 14.1. The zero-order valence-electron chi connectivity index (χ0n) is 18.7.